The zero-order valence-electron chi connectivity index (χ0n) is 8.71. The van der Waals surface area contributed by atoms with Gasteiger partial charge in [-0.3, -0.25) is 0 Å². The van der Waals surface area contributed by atoms with Crippen molar-refractivity contribution >= 4 is 0 Å². The fraction of sp³-hybridized carbons (Fsp3) is 0.0769. The molecule has 1 nitrogen and oxygen atoms in total. The van der Waals surface area contributed by atoms with Crippen molar-refractivity contribution in [3.05, 3.63) is 54.1 Å². The fourth-order valence-corrected chi connectivity index (χ4v) is 1.55. The highest BCUT2D eigenvalue weighted by Gasteiger charge is 2.11. The van der Waals surface area contributed by atoms with Gasteiger partial charge in [0.25, 0.3) is 0 Å². The van der Waals surface area contributed by atoms with Gasteiger partial charge in [-0.1, -0.05) is 30.3 Å². The Morgan fingerprint density at radius 2 is 1.44 bits per heavy atom. The van der Waals surface area contributed by atoms with E-state index in [4.69, 9.17) is 0 Å². The quantitative estimate of drug-likeness (QED) is 0.750. The first-order chi connectivity index (χ1) is 7.72. The Hall–Kier alpha value is -1.90. The van der Waals surface area contributed by atoms with Crippen LogP contribution in [0.5, 0.6) is 5.75 Å². The van der Waals surface area contributed by atoms with Crippen LogP contribution in [0, 0.1) is 11.6 Å². The molecule has 0 aliphatic heterocycles. The Morgan fingerprint density at radius 1 is 0.875 bits per heavy atom. The molecule has 0 unspecified atom stereocenters. The predicted octanol–water partition coefficient (Wildman–Crippen LogP) is 3.64. The van der Waals surface area contributed by atoms with Gasteiger partial charge in [0.15, 0.2) is 17.4 Å². The maximum absolute atomic E-state index is 13.4. The van der Waals surface area contributed by atoms with E-state index in [0.29, 0.717) is 5.56 Å². The first-order valence-corrected chi connectivity index (χ1v) is 4.81. The molecule has 2 aromatic carbocycles. The smallest absolute Gasteiger partial charge is 0.190 e. The molecule has 0 bridgehead atoms. The molecule has 0 atom stereocenters. The summed E-state index contributed by atoms with van der Waals surface area (Å²) in [5.74, 6) is -1.73. The Bertz CT molecular complexity index is 472. The van der Waals surface area contributed by atoms with Gasteiger partial charge in [0.2, 0.25) is 0 Å². The maximum Gasteiger partial charge on any atom is 0.190 e. The molecule has 0 amide bonds. The van der Waals surface area contributed by atoms with E-state index in [-0.39, 0.29) is 5.75 Å². The molecule has 2 aromatic rings. The number of hydrogen-bond donors (Lipinski definition) is 0. The van der Waals surface area contributed by atoms with E-state index < -0.39 is 11.6 Å². The average Bonchev–Trinajstić information content (AvgIpc) is 2.30. The van der Waals surface area contributed by atoms with Crippen molar-refractivity contribution < 1.29 is 13.5 Å². The minimum Gasteiger partial charge on any atom is -0.491 e. The van der Waals surface area contributed by atoms with E-state index in [2.05, 4.69) is 4.74 Å². The summed E-state index contributed by atoms with van der Waals surface area (Å²) >= 11 is 0. The molecule has 3 heteroatoms. The second-order valence-electron chi connectivity index (χ2n) is 3.34. The zero-order chi connectivity index (χ0) is 11.5. The van der Waals surface area contributed by atoms with Crippen molar-refractivity contribution in [2.24, 2.45) is 0 Å². The number of methoxy groups -OCH3 is 1. The molecule has 0 aliphatic rings. The van der Waals surface area contributed by atoms with Crippen LogP contribution in [0.2, 0.25) is 0 Å². The first kappa shape index (κ1) is 10.6. The lowest BCUT2D eigenvalue weighted by Gasteiger charge is -2.06. The third kappa shape index (κ3) is 1.89. The highest BCUT2D eigenvalue weighted by atomic mass is 19.1. The molecule has 0 spiro atoms. The van der Waals surface area contributed by atoms with E-state index in [1.807, 2.05) is 18.2 Å². The summed E-state index contributed by atoms with van der Waals surface area (Å²) in [4.78, 5) is 0. The first-order valence-electron chi connectivity index (χ1n) is 4.81. The largest absolute Gasteiger partial charge is 0.491 e. The summed E-state index contributed by atoms with van der Waals surface area (Å²) < 4.78 is 31.5. The summed E-state index contributed by atoms with van der Waals surface area (Å²) in [5, 5.41) is 0. The maximum atomic E-state index is 13.4. The number of benzene rings is 2. The normalized spacial score (nSPS) is 10.2. The van der Waals surface area contributed by atoms with E-state index in [0.717, 1.165) is 5.56 Å². The van der Waals surface area contributed by atoms with E-state index in [1.165, 1.54) is 19.2 Å². The second-order valence-corrected chi connectivity index (χ2v) is 3.34. The lowest BCUT2D eigenvalue weighted by molar-refractivity contribution is 0.360. The molecule has 0 radical (unpaired) electrons. The molecule has 0 aromatic heterocycles. The number of rotatable bonds is 2. The average molecular weight is 220 g/mol. The standard InChI is InChI=1S/C13H10F2O/c1-16-13-11(14)7-10(8-12(13)15)9-5-3-2-4-6-9/h2-8H,1H3. The van der Waals surface area contributed by atoms with Gasteiger partial charge in [-0.15, -0.1) is 0 Å². The minimum absolute atomic E-state index is 0.348. The highest BCUT2D eigenvalue weighted by Crippen LogP contribution is 2.28. The van der Waals surface area contributed by atoms with Crippen LogP contribution in [0.4, 0.5) is 8.78 Å². The Kier molecular flexibility index (Phi) is 2.86. The van der Waals surface area contributed by atoms with Crippen LogP contribution >= 0.6 is 0 Å². The third-order valence-electron chi connectivity index (χ3n) is 2.31. The Morgan fingerprint density at radius 3 is 1.94 bits per heavy atom. The van der Waals surface area contributed by atoms with E-state index in [9.17, 15) is 8.78 Å². The van der Waals surface area contributed by atoms with Gasteiger partial charge in [0.1, 0.15) is 0 Å². The minimum atomic E-state index is -0.693. The van der Waals surface area contributed by atoms with Crippen LogP contribution in [-0.2, 0) is 0 Å². The monoisotopic (exact) mass is 220 g/mol. The van der Waals surface area contributed by atoms with Crippen LogP contribution in [0.1, 0.15) is 0 Å². The molecular weight excluding hydrogens is 210 g/mol. The molecule has 16 heavy (non-hydrogen) atoms. The summed E-state index contributed by atoms with van der Waals surface area (Å²) in [6.07, 6.45) is 0. The number of halogens is 2. The van der Waals surface area contributed by atoms with Crippen molar-refractivity contribution in [2.75, 3.05) is 7.11 Å². The van der Waals surface area contributed by atoms with Crippen LogP contribution in [0.3, 0.4) is 0 Å². The lowest BCUT2D eigenvalue weighted by atomic mass is 10.1. The van der Waals surface area contributed by atoms with E-state index in [1.54, 1.807) is 12.1 Å². The summed E-state index contributed by atoms with van der Waals surface area (Å²) in [6.45, 7) is 0. The van der Waals surface area contributed by atoms with Crippen molar-refractivity contribution in [3.8, 4) is 16.9 Å². The summed E-state index contributed by atoms with van der Waals surface area (Å²) in [7, 11) is 1.24. The number of hydrogen-bond acceptors (Lipinski definition) is 1. The molecule has 82 valence electrons. The van der Waals surface area contributed by atoms with Crippen LogP contribution in [0.15, 0.2) is 42.5 Å². The van der Waals surface area contributed by atoms with Gasteiger partial charge in [-0.05, 0) is 23.3 Å². The fourth-order valence-electron chi connectivity index (χ4n) is 1.55. The van der Waals surface area contributed by atoms with Crippen LogP contribution in [0.25, 0.3) is 11.1 Å². The predicted molar refractivity (Wildman–Crippen MR) is 58.3 cm³/mol. The topological polar surface area (TPSA) is 9.23 Å². The zero-order valence-corrected chi connectivity index (χ0v) is 8.71. The molecular formula is C13H10F2O. The summed E-state index contributed by atoms with van der Waals surface area (Å²) in [6, 6.07) is 11.6. The van der Waals surface area contributed by atoms with Gasteiger partial charge in [0.05, 0.1) is 7.11 Å². The van der Waals surface area contributed by atoms with Crippen molar-refractivity contribution in [3.63, 3.8) is 0 Å². The van der Waals surface area contributed by atoms with Crippen LogP contribution < -0.4 is 4.74 Å². The highest BCUT2D eigenvalue weighted by molar-refractivity contribution is 5.64. The molecule has 0 aliphatic carbocycles. The molecule has 0 saturated heterocycles. The molecule has 2 rings (SSSR count). The number of ether oxygens (including phenoxy) is 1. The Labute approximate surface area is 92.3 Å². The van der Waals surface area contributed by atoms with Gasteiger partial charge in [-0.2, -0.15) is 0 Å². The Balaban J connectivity index is 2.53. The van der Waals surface area contributed by atoms with Crippen molar-refractivity contribution in [2.45, 2.75) is 0 Å². The van der Waals surface area contributed by atoms with E-state index >= 15 is 0 Å². The second kappa shape index (κ2) is 4.31. The van der Waals surface area contributed by atoms with Crippen LogP contribution in [-0.4, -0.2) is 7.11 Å². The van der Waals surface area contributed by atoms with Gasteiger partial charge in [-0.25, -0.2) is 8.78 Å². The third-order valence-corrected chi connectivity index (χ3v) is 2.31. The van der Waals surface area contributed by atoms with Crippen molar-refractivity contribution in [1.29, 1.82) is 0 Å². The van der Waals surface area contributed by atoms with Gasteiger partial charge >= 0.3 is 0 Å². The lowest BCUT2D eigenvalue weighted by Crippen LogP contribution is -1.93. The summed E-state index contributed by atoms with van der Waals surface area (Å²) in [5.41, 5.74) is 1.26. The molecule has 0 N–H and O–H groups in total. The SMILES string of the molecule is COc1c(F)cc(-c2ccccc2)cc1F. The van der Waals surface area contributed by atoms with Crippen molar-refractivity contribution in [1.82, 2.24) is 0 Å². The van der Waals surface area contributed by atoms with Gasteiger partial charge in [0, 0.05) is 0 Å². The molecule has 0 heterocycles. The molecule has 0 saturated carbocycles. The molecule has 0 fully saturated rings. The van der Waals surface area contributed by atoms with Gasteiger partial charge < -0.3 is 4.74 Å².